The van der Waals surface area contributed by atoms with Gasteiger partial charge in [-0.2, -0.15) is 0 Å². The van der Waals surface area contributed by atoms with Gasteiger partial charge in [0.05, 0.1) is 12.3 Å². The number of aromatic nitrogens is 1. The van der Waals surface area contributed by atoms with E-state index in [4.69, 9.17) is 4.74 Å². The molecule has 17 heavy (non-hydrogen) atoms. The lowest BCUT2D eigenvalue weighted by molar-refractivity contribution is -0.144. The van der Waals surface area contributed by atoms with Crippen LogP contribution in [0, 0.1) is 0 Å². The molecule has 1 unspecified atom stereocenters. The zero-order valence-electron chi connectivity index (χ0n) is 10.1. The highest BCUT2D eigenvalue weighted by Gasteiger charge is 2.35. The molecule has 1 atom stereocenters. The fourth-order valence-corrected chi connectivity index (χ4v) is 1.45. The molecule has 0 radical (unpaired) electrons. The van der Waals surface area contributed by atoms with Crippen LogP contribution in [0.25, 0.3) is 0 Å². The molecular weight excluding hydrogens is 220 g/mol. The van der Waals surface area contributed by atoms with E-state index in [-0.39, 0.29) is 0 Å². The molecule has 2 N–H and O–H groups in total. The Hall–Kier alpha value is -1.46. The Labute approximate surface area is 101 Å². The maximum absolute atomic E-state index is 11.3. The van der Waals surface area contributed by atoms with Gasteiger partial charge in [-0.25, -0.2) is 4.79 Å². The van der Waals surface area contributed by atoms with Gasteiger partial charge in [-0.15, -0.1) is 0 Å². The van der Waals surface area contributed by atoms with Crippen molar-refractivity contribution in [1.82, 2.24) is 10.3 Å². The smallest absolute Gasteiger partial charge is 0.329 e. The van der Waals surface area contributed by atoms with Gasteiger partial charge < -0.3 is 9.84 Å². The monoisotopic (exact) mass is 238 g/mol. The molecule has 5 nitrogen and oxygen atoms in total. The minimum atomic E-state index is -1.18. The average Bonchev–Trinajstić information content (AvgIpc) is 2.35. The standard InChI is InChI=1S/C12H18N2O3/c1-3-17-9-8-14-12(2,11(15)16)10-6-4-5-7-13-10/h4-7,14H,3,8-9H2,1-2H3,(H,15,16). The fourth-order valence-electron chi connectivity index (χ4n) is 1.45. The third-order valence-corrected chi connectivity index (χ3v) is 2.53. The van der Waals surface area contributed by atoms with Crippen LogP contribution in [0.15, 0.2) is 24.4 Å². The van der Waals surface area contributed by atoms with E-state index in [9.17, 15) is 9.90 Å². The van der Waals surface area contributed by atoms with Crippen LogP contribution in [0.3, 0.4) is 0 Å². The fraction of sp³-hybridized carbons (Fsp3) is 0.500. The van der Waals surface area contributed by atoms with E-state index in [1.54, 1.807) is 31.3 Å². The van der Waals surface area contributed by atoms with E-state index in [1.165, 1.54) is 0 Å². The van der Waals surface area contributed by atoms with Gasteiger partial charge in [0, 0.05) is 19.3 Å². The van der Waals surface area contributed by atoms with Gasteiger partial charge in [-0.1, -0.05) is 6.07 Å². The van der Waals surface area contributed by atoms with Crippen molar-refractivity contribution in [2.75, 3.05) is 19.8 Å². The summed E-state index contributed by atoms with van der Waals surface area (Å²) in [4.78, 5) is 15.4. The summed E-state index contributed by atoms with van der Waals surface area (Å²) in [6.45, 7) is 5.06. The first-order chi connectivity index (χ1) is 8.11. The average molecular weight is 238 g/mol. The Morgan fingerprint density at radius 2 is 2.35 bits per heavy atom. The minimum Gasteiger partial charge on any atom is -0.480 e. The number of nitrogens with one attached hydrogen (secondary N) is 1. The summed E-state index contributed by atoms with van der Waals surface area (Å²) in [7, 11) is 0. The first kappa shape index (κ1) is 13.6. The van der Waals surface area contributed by atoms with Crippen molar-refractivity contribution in [2.24, 2.45) is 0 Å². The highest BCUT2D eigenvalue weighted by Crippen LogP contribution is 2.18. The molecule has 1 heterocycles. The second kappa shape index (κ2) is 6.32. The molecule has 0 amide bonds. The van der Waals surface area contributed by atoms with Crippen LogP contribution >= 0.6 is 0 Å². The predicted molar refractivity (Wildman–Crippen MR) is 63.7 cm³/mol. The van der Waals surface area contributed by atoms with Crippen LogP contribution in [0.4, 0.5) is 0 Å². The number of carbonyl (C=O) groups is 1. The van der Waals surface area contributed by atoms with Crippen molar-refractivity contribution in [3.05, 3.63) is 30.1 Å². The molecule has 0 saturated carbocycles. The van der Waals surface area contributed by atoms with Crippen molar-refractivity contribution in [3.63, 3.8) is 0 Å². The number of pyridine rings is 1. The van der Waals surface area contributed by atoms with E-state index in [1.807, 2.05) is 6.92 Å². The topological polar surface area (TPSA) is 71.5 Å². The second-order valence-electron chi connectivity index (χ2n) is 3.77. The van der Waals surface area contributed by atoms with E-state index >= 15 is 0 Å². The summed E-state index contributed by atoms with van der Waals surface area (Å²) < 4.78 is 5.17. The molecule has 0 aliphatic heterocycles. The van der Waals surface area contributed by atoms with Crippen LogP contribution in [0.5, 0.6) is 0 Å². The van der Waals surface area contributed by atoms with Crippen molar-refractivity contribution in [3.8, 4) is 0 Å². The summed E-state index contributed by atoms with van der Waals surface area (Å²) in [6.07, 6.45) is 1.58. The largest absolute Gasteiger partial charge is 0.480 e. The number of hydrogen-bond donors (Lipinski definition) is 2. The van der Waals surface area contributed by atoms with Crippen LogP contribution in [-0.4, -0.2) is 35.8 Å². The van der Waals surface area contributed by atoms with Gasteiger partial charge in [0.2, 0.25) is 0 Å². The molecule has 0 spiro atoms. The van der Waals surface area contributed by atoms with Gasteiger partial charge in [-0.05, 0) is 26.0 Å². The second-order valence-corrected chi connectivity index (χ2v) is 3.77. The number of ether oxygens (including phenoxy) is 1. The maximum atomic E-state index is 11.3. The van der Waals surface area contributed by atoms with Crippen LogP contribution in [-0.2, 0) is 15.1 Å². The number of hydrogen-bond acceptors (Lipinski definition) is 4. The molecule has 1 aromatic heterocycles. The third kappa shape index (κ3) is 3.51. The highest BCUT2D eigenvalue weighted by molar-refractivity contribution is 5.79. The van der Waals surface area contributed by atoms with Gasteiger partial charge in [0.25, 0.3) is 0 Å². The maximum Gasteiger partial charge on any atom is 0.329 e. The molecule has 0 aromatic carbocycles. The Balaban J connectivity index is 2.73. The molecule has 1 aromatic rings. The normalized spacial score (nSPS) is 14.2. The Morgan fingerprint density at radius 3 is 2.88 bits per heavy atom. The van der Waals surface area contributed by atoms with Crippen LogP contribution < -0.4 is 5.32 Å². The van der Waals surface area contributed by atoms with Crippen LogP contribution in [0.2, 0.25) is 0 Å². The Kier molecular flexibility index (Phi) is 5.06. The summed E-state index contributed by atoms with van der Waals surface area (Å²) in [5, 5.41) is 12.3. The van der Waals surface area contributed by atoms with Gasteiger partial charge in [-0.3, -0.25) is 10.3 Å². The molecule has 94 valence electrons. The van der Waals surface area contributed by atoms with Gasteiger partial charge in [0.1, 0.15) is 0 Å². The zero-order valence-corrected chi connectivity index (χ0v) is 10.1. The first-order valence-electron chi connectivity index (χ1n) is 5.59. The van der Waals surface area contributed by atoms with Crippen LogP contribution in [0.1, 0.15) is 19.5 Å². The number of carboxylic acids is 1. The minimum absolute atomic E-state index is 0.465. The van der Waals surface area contributed by atoms with Crippen molar-refractivity contribution >= 4 is 5.97 Å². The summed E-state index contributed by atoms with van der Waals surface area (Å²) >= 11 is 0. The van der Waals surface area contributed by atoms with Crippen molar-refractivity contribution in [2.45, 2.75) is 19.4 Å². The summed E-state index contributed by atoms with van der Waals surface area (Å²) in [5.41, 5.74) is -0.692. The Morgan fingerprint density at radius 1 is 1.59 bits per heavy atom. The number of nitrogens with zero attached hydrogens (tertiary/aromatic N) is 1. The predicted octanol–water partition coefficient (Wildman–Crippen LogP) is 1.01. The van der Waals surface area contributed by atoms with E-state index in [2.05, 4.69) is 10.3 Å². The SMILES string of the molecule is CCOCCNC(C)(C(=O)O)c1ccccn1. The summed E-state index contributed by atoms with van der Waals surface area (Å²) in [5.74, 6) is -0.951. The van der Waals surface area contributed by atoms with Gasteiger partial charge in [0.15, 0.2) is 5.54 Å². The summed E-state index contributed by atoms with van der Waals surface area (Å²) in [6, 6.07) is 5.22. The Bertz CT molecular complexity index is 356. The molecule has 5 heteroatoms. The molecule has 0 saturated heterocycles. The molecule has 0 aliphatic rings. The van der Waals surface area contributed by atoms with E-state index in [0.717, 1.165) is 0 Å². The zero-order chi connectivity index (χ0) is 12.7. The lowest BCUT2D eigenvalue weighted by Gasteiger charge is -2.25. The lowest BCUT2D eigenvalue weighted by atomic mass is 9.97. The molecule has 0 aliphatic carbocycles. The van der Waals surface area contributed by atoms with E-state index in [0.29, 0.717) is 25.5 Å². The molecule has 0 fully saturated rings. The van der Waals surface area contributed by atoms with E-state index < -0.39 is 11.5 Å². The number of aliphatic carboxylic acids is 1. The molecule has 0 bridgehead atoms. The molecular formula is C12H18N2O3. The van der Waals surface area contributed by atoms with Gasteiger partial charge >= 0.3 is 5.97 Å². The van der Waals surface area contributed by atoms with Crippen molar-refractivity contribution < 1.29 is 14.6 Å². The molecule has 1 rings (SSSR count). The highest BCUT2D eigenvalue weighted by atomic mass is 16.5. The number of carboxylic acid groups (broad SMARTS) is 1. The first-order valence-corrected chi connectivity index (χ1v) is 5.59. The lowest BCUT2D eigenvalue weighted by Crippen LogP contribution is -2.48. The number of rotatable bonds is 7. The van der Waals surface area contributed by atoms with Crippen molar-refractivity contribution in [1.29, 1.82) is 0 Å². The quantitative estimate of drug-likeness (QED) is 0.694. The third-order valence-electron chi connectivity index (χ3n) is 2.53.